The summed E-state index contributed by atoms with van der Waals surface area (Å²) in [6.45, 7) is 2.61. The normalized spacial score (nSPS) is 27.2. The van der Waals surface area contributed by atoms with Crippen LogP contribution in [-0.4, -0.2) is 25.5 Å². The van der Waals surface area contributed by atoms with Crippen molar-refractivity contribution in [2.24, 2.45) is 0 Å². The fourth-order valence-corrected chi connectivity index (χ4v) is 4.45. The van der Waals surface area contributed by atoms with Crippen LogP contribution >= 0.6 is 11.6 Å². The first-order chi connectivity index (χ1) is 7.89. The third-order valence-corrected chi connectivity index (χ3v) is 5.25. The number of halogens is 1. The highest BCUT2D eigenvalue weighted by atomic mass is 35.5. The Hall–Kier alpha value is -0.580. The van der Waals surface area contributed by atoms with Gasteiger partial charge in [-0.1, -0.05) is 23.7 Å². The zero-order valence-electron chi connectivity index (χ0n) is 9.74. The molecule has 94 valence electrons. The van der Waals surface area contributed by atoms with Crippen LogP contribution in [0.5, 0.6) is 0 Å². The van der Waals surface area contributed by atoms with E-state index in [1.165, 1.54) is 0 Å². The molecule has 3 nitrogen and oxygen atoms in total. The van der Waals surface area contributed by atoms with Crippen LogP contribution in [0.4, 0.5) is 0 Å². The molecule has 1 aromatic rings. The molecule has 0 radical (unpaired) electrons. The van der Waals surface area contributed by atoms with Crippen molar-refractivity contribution in [2.45, 2.75) is 25.4 Å². The van der Waals surface area contributed by atoms with Gasteiger partial charge in [0.2, 0.25) is 0 Å². The molecule has 1 aromatic carbocycles. The summed E-state index contributed by atoms with van der Waals surface area (Å²) in [5.41, 5.74) is 0.768. The molecule has 5 heteroatoms. The van der Waals surface area contributed by atoms with Crippen molar-refractivity contribution >= 4 is 21.4 Å². The lowest BCUT2D eigenvalue weighted by Gasteiger charge is -2.24. The maximum absolute atomic E-state index is 11.5. The van der Waals surface area contributed by atoms with Gasteiger partial charge in [0.05, 0.1) is 11.5 Å². The molecule has 1 saturated heterocycles. The maximum atomic E-state index is 11.5. The Morgan fingerprint density at radius 2 is 2.24 bits per heavy atom. The van der Waals surface area contributed by atoms with Crippen LogP contribution in [0.15, 0.2) is 24.3 Å². The van der Waals surface area contributed by atoms with Gasteiger partial charge >= 0.3 is 0 Å². The minimum absolute atomic E-state index is 0.223. The van der Waals surface area contributed by atoms with Gasteiger partial charge in [-0.15, -0.1) is 0 Å². The van der Waals surface area contributed by atoms with Gasteiger partial charge in [-0.05, 0) is 31.0 Å². The van der Waals surface area contributed by atoms with E-state index in [0.717, 1.165) is 5.56 Å². The third-order valence-electron chi connectivity index (χ3n) is 3.11. The topological polar surface area (TPSA) is 46.2 Å². The first-order valence-corrected chi connectivity index (χ1v) is 7.78. The van der Waals surface area contributed by atoms with Crippen molar-refractivity contribution in [3.63, 3.8) is 0 Å². The fourth-order valence-electron chi connectivity index (χ4n) is 2.11. The van der Waals surface area contributed by atoms with Crippen molar-refractivity contribution in [1.82, 2.24) is 5.32 Å². The molecule has 1 heterocycles. The van der Waals surface area contributed by atoms with E-state index in [0.29, 0.717) is 18.0 Å². The van der Waals surface area contributed by atoms with Crippen LogP contribution in [0.25, 0.3) is 0 Å². The van der Waals surface area contributed by atoms with Gasteiger partial charge in [0.15, 0.2) is 9.84 Å². The number of hydrogen-bond donors (Lipinski definition) is 1. The van der Waals surface area contributed by atoms with Gasteiger partial charge < -0.3 is 5.32 Å². The Morgan fingerprint density at radius 3 is 2.82 bits per heavy atom. The van der Waals surface area contributed by atoms with Crippen LogP contribution in [0.3, 0.4) is 0 Å². The first-order valence-electron chi connectivity index (χ1n) is 5.59. The molecule has 0 aliphatic carbocycles. The van der Waals surface area contributed by atoms with Gasteiger partial charge in [-0.3, -0.25) is 0 Å². The molecule has 1 fully saturated rings. The van der Waals surface area contributed by atoms with Crippen molar-refractivity contribution in [3.05, 3.63) is 34.9 Å². The molecule has 0 bridgehead atoms. The summed E-state index contributed by atoms with van der Waals surface area (Å²) in [4.78, 5) is 0. The summed E-state index contributed by atoms with van der Waals surface area (Å²) in [6.07, 6.45) is 0.676. The summed E-state index contributed by atoms with van der Waals surface area (Å²) >= 11 is 5.90. The van der Waals surface area contributed by atoms with E-state index in [2.05, 4.69) is 5.32 Å². The zero-order valence-corrected chi connectivity index (χ0v) is 11.3. The van der Waals surface area contributed by atoms with Crippen molar-refractivity contribution < 1.29 is 8.42 Å². The first kappa shape index (κ1) is 12.9. The molecule has 0 saturated carbocycles. The van der Waals surface area contributed by atoms with Gasteiger partial charge in [-0.25, -0.2) is 8.42 Å². The predicted molar refractivity (Wildman–Crippen MR) is 70.0 cm³/mol. The molecular formula is C12H16ClNO2S. The second kappa shape index (κ2) is 4.59. The summed E-state index contributed by atoms with van der Waals surface area (Å²) in [7, 11) is -2.86. The second-order valence-electron chi connectivity index (χ2n) is 4.89. The lowest BCUT2D eigenvalue weighted by atomic mass is 10.0. The lowest BCUT2D eigenvalue weighted by Crippen LogP contribution is -2.42. The highest BCUT2D eigenvalue weighted by molar-refractivity contribution is 7.91. The average molecular weight is 274 g/mol. The molecule has 0 aromatic heterocycles. The summed E-state index contributed by atoms with van der Waals surface area (Å²) in [6, 6.07) is 7.59. The molecule has 0 amide bonds. The van der Waals surface area contributed by atoms with Crippen molar-refractivity contribution in [2.75, 3.05) is 11.5 Å². The van der Waals surface area contributed by atoms with Gasteiger partial charge in [0.25, 0.3) is 0 Å². The lowest BCUT2D eigenvalue weighted by molar-refractivity contribution is 0.395. The average Bonchev–Trinajstić information content (AvgIpc) is 2.51. The Balaban J connectivity index is 1.99. The van der Waals surface area contributed by atoms with E-state index in [4.69, 9.17) is 11.6 Å². The minimum Gasteiger partial charge on any atom is -0.306 e. The summed E-state index contributed by atoms with van der Waals surface area (Å²) < 4.78 is 22.9. The minimum atomic E-state index is -2.86. The second-order valence-corrected chi connectivity index (χ2v) is 7.51. The molecule has 1 unspecified atom stereocenters. The van der Waals surface area contributed by atoms with E-state index < -0.39 is 9.84 Å². The van der Waals surface area contributed by atoms with Crippen LogP contribution in [0.1, 0.15) is 18.9 Å². The monoisotopic (exact) mass is 273 g/mol. The Labute approximate surface area is 107 Å². The number of benzene rings is 1. The maximum Gasteiger partial charge on any atom is 0.152 e. The molecule has 2 rings (SSSR count). The van der Waals surface area contributed by atoms with E-state index in [9.17, 15) is 8.42 Å². The van der Waals surface area contributed by atoms with Crippen molar-refractivity contribution in [1.29, 1.82) is 0 Å². The van der Waals surface area contributed by atoms with Gasteiger partial charge in [0.1, 0.15) is 0 Å². The molecule has 1 N–H and O–H groups in total. The van der Waals surface area contributed by atoms with E-state index in [1.54, 1.807) is 0 Å². The molecule has 1 aliphatic rings. The quantitative estimate of drug-likeness (QED) is 0.916. The molecule has 1 atom stereocenters. The highest BCUT2D eigenvalue weighted by Crippen LogP contribution is 2.23. The van der Waals surface area contributed by atoms with Crippen molar-refractivity contribution in [3.8, 4) is 0 Å². The standard InChI is InChI=1S/C12H16ClNO2S/c1-12(5-6-17(15,16)9-12)14-8-10-3-2-4-11(13)7-10/h2-4,7,14H,5-6,8-9H2,1H3. The van der Waals surface area contributed by atoms with Crippen LogP contribution in [0, 0.1) is 0 Å². The largest absolute Gasteiger partial charge is 0.306 e. The van der Waals surface area contributed by atoms with Crippen LogP contribution in [-0.2, 0) is 16.4 Å². The fraction of sp³-hybridized carbons (Fsp3) is 0.500. The van der Waals surface area contributed by atoms with E-state index >= 15 is 0 Å². The predicted octanol–water partition coefficient (Wildman–Crippen LogP) is 2.01. The Bertz CT molecular complexity index is 515. The van der Waals surface area contributed by atoms with Gasteiger partial charge in [0, 0.05) is 17.1 Å². The molecule has 17 heavy (non-hydrogen) atoms. The third kappa shape index (κ3) is 3.44. The molecule has 0 spiro atoms. The number of hydrogen-bond acceptors (Lipinski definition) is 3. The summed E-state index contributed by atoms with van der Waals surface area (Å²) in [5.74, 6) is 0.507. The smallest absolute Gasteiger partial charge is 0.152 e. The number of nitrogens with one attached hydrogen (secondary N) is 1. The number of rotatable bonds is 3. The SMILES string of the molecule is CC1(NCc2cccc(Cl)c2)CCS(=O)(=O)C1. The Morgan fingerprint density at radius 1 is 1.47 bits per heavy atom. The molecule has 1 aliphatic heterocycles. The summed E-state index contributed by atoms with van der Waals surface area (Å²) in [5, 5.41) is 4.02. The highest BCUT2D eigenvalue weighted by Gasteiger charge is 2.37. The zero-order chi connectivity index (χ0) is 12.5. The molecular weight excluding hydrogens is 258 g/mol. The van der Waals surface area contributed by atoms with Gasteiger partial charge in [-0.2, -0.15) is 0 Å². The van der Waals surface area contributed by atoms with Crippen LogP contribution in [0.2, 0.25) is 5.02 Å². The van der Waals surface area contributed by atoms with E-state index in [-0.39, 0.29) is 17.0 Å². The number of sulfone groups is 1. The van der Waals surface area contributed by atoms with Crippen LogP contribution < -0.4 is 5.32 Å². The van der Waals surface area contributed by atoms with E-state index in [1.807, 2.05) is 31.2 Å². The Kier molecular flexibility index (Phi) is 3.48.